The molecule has 3 aliphatic carbocycles. The van der Waals surface area contributed by atoms with Crippen LogP contribution >= 0.6 is 0 Å². The third kappa shape index (κ3) is 6.95. The Balaban J connectivity index is 1.01. The zero-order valence-electron chi connectivity index (χ0n) is 29.0. The van der Waals surface area contributed by atoms with Crippen LogP contribution < -0.4 is 16.0 Å². The second-order valence-electron chi connectivity index (χ2n) is 15.8. The Morgan fingerprint density at radius 2 is 1.74 bits per heavy atom. The summed E-state index contributed by atoms with van der Waals surface area (Å²) in [7, 11) is 0. The monoisotopic (exact) mass is 703 g/mol. The summed E-state index contributed by atoms with van der Waals surface area (Å²) >= 11 is 0. The number of likely N-dealkylation sites (tertiary alicyclic amines) is 1. The van der Waals surface area contributed by atoms with E-state index in [0.717, 1.165) is 71.7 Å². The average Bonchev–Trinajstić information content (AvgIpc) is 3.64. The van der Waals surface area contributed by atoms with Crippen molar-refractivity contribution in [3.05, 3.63) is 21.9 Å². The normalized spacial score (nSPS) is 41.7. The number of alkyl halides is 1. The Bertz CT molecular complexity index is 1300. The molecule has 0 bridgehead atoms. The van der Waals surface area contributed by atoms with Gasteiger partial charge in [0.1, 0.15) is 6.17 Å². The number of fused-ring (bicyclic) bond motifs is 4. The topological polar surface area (TPSA) is 151 Å². The van der Waals surface area contributed by atoms with E-state index in [2.05, 4.69) is 30.7 Å². The van der Waals surface area contributed by atoms with Crippen LogP contribution in [-0.2, 0) is 23.8 Å². The third-order valence-corrected chi connectivity index (χ3v) is 12.9. The SMILES string of the molecule is O=C(NCCN1CCCC1)C1=CN2C3CC4OC5CC([N+](=O)[O-])CCC5NC4CC3OC3C(NCCCN4CCOCC4)C(F)CC(C1=O)C32. The van der Waals surface area contributed by atoms with Crippen LogP contribution in [0.3, 0.4) is 0 Å². The van der Waals surface area contributed by atoms with Crippen molar-refractivity contribution in [2.45, 2.75) is 125 Å². The van der Waals surface area contributed by atoms with Gasteiger partial charge < -0.3 is 40.0 Å². The Morgan fingerprint density at radius 3 is 2.54 bits per heavy atom. The van der Waals surface area contributed by atoms with Gasteiger partial charge in [-0.15, -0.1) is 0 Å². The van der Waals surface area contributed by atoms with E-state index in [4.69, 9.17) is 14.2 Å². The van der Waals surface area contributed by atoms with Gasteiger partial charge in [-0.25, -0.2) is 4.39 Å². The minimum absolute atomic E-state index is 0.00505. The molecule has 8 aliphatic rings. The first kappa shape index (κ1) is 34.8. The van der Waals surface area contributed by atoms with Gasteiger partial charge in [-0.1, -0.05) is 0 Å². The molecule has 0 aromatic rings. The first-order valence-corrected chi connectivity index (χ1v) is 19.3. The van der Waals surface area contributed by atoms with Gasteiger partial charge in [0, 0.05) is 68.1 Å². The minimum atomic E-state index is -1.30. The van der Waals surface area contributed by atoms with Gasteiger partial charge in [0.05, 0.1) is 61.3 Å². The van der Waals surface area contributed by atoms with Crippen molar-refractivity contribution in [1.29, 1.82) is 0 Å². The van der Waals surface area contributed by atoms with Crippen molar-refractivity contribution in [2.24, 2.45) is 5.92 Å². The molecule has 278 valence electrons. The number of carbonyl (C=O) groups excluding carboxylic acids is 2. The number of ether oxygens (including phenoxy) is 3. The van der Waals surface area contributed by atoms with E-state index in [9.17, 15) is 19.7 Å². The standard InChI is InChI=1S/C35H54FN7O7/c36-24-17-22-32-34(31(24)37-6-3-10-41-12-14-48-15-13-41)50-30-18-26-29(49-28-16-21(43(46)47)4-5-25(28)39-26)19-27(30)42(32)20-23(33(22)44)35(45)38-7-11-40-8-1-2-9-40/h20-22,24-32,34,37,39H,1-19H2,(H,38,45). The summed E-state index contributed by atoms with van der Waals surface area (Å²) < 4.78 is 35.3. The van der Waals surface area contributed by atoms with Gasteiger partial charge in [0.2, 0.25) is 6.04 Å². The van der Waals surface area contributed by atoms with Gasteiger partial charge in [-0.2, -0.15) is 0 Å². The van der Waals surface area contributed by atoms with Crippen LogP contribution in [0.1, 0.15) is 57.8 Å². The maximum atomic E-state index is 16.3. The second-order valence-corrected chi connectivity index (χ2v) is 15.8. The number of hydrogen-bond donors (Lipinski definition) is 3. The molecule has 4 saturated heterocycles. The third-order valence-electron chi connectivity index (χ3n) is 12.9. The Kier molecular flexibility index (Phi) is 10.4. The van der Waals surface area contributed by atoms with Crippen LogP contribution in [0.5, 0.6) is 0 Å². The fraction of sp³-hybridized carbons (Fsp3) is 0.886. The molecule has 12 unspecified atom stereocenters. The molecule has 15 heteroatoms. The Morgan fingerprint density at radius 1 is 0.960 bits per heavy atom. The fourth-order valence-corrected chi connectivity index (χ4v) is 10.3. The molecule has 3 N–H and O–H groups in total. The predicted octanol–water partition coefficient (Wildman–Crippen LogP) is 0.227. The zero-order valence-corrected chi connectivity index (χ0v) is 29.0. The van der Waals surface area contributed by atoms with E-state index in [0.29, 0.717) is 45.2 Å². The number of Topliss-reactive ketones (excluding diaryl/α,β-unsaturated/α-hetero) is 1. The second kappa shape index (κ2) is 15.0. The molecule has 3 saturated carbocycles. The quantitative estimate of drug-likeness (QED) is 0.124. The Hall–Kier alpha value is -2.27. The highest BCUT2D eigenvalue weighted by molar-refractivity contribution is 6.20. The summed E-state index contributed by atoms with van der Waals surface area (Å²) in [6.07, 6.45) is 5.29. The maximum Gasteiger partial charge on any atom is 0.256 e. The van der Waals surface area contributed by atoms with E-state index < -0.39 is 42.2 Å². The molecule has 0 radical (unpaired) electrons. The number of halogens is 1. The maximum absolute atomic E-state index is 16.3. The number of rotatable bonds is 10. The molecule has 14 nitrogen and oxygen atoms in total. The zero-order chi connectivity index (χ0) is 34.4. The van der Waals surface area contributed by atoms with Crippen molar-refractivity contribution in [3.8, 4) is 0 Å². The molecule has 50 heavy (non-hydrogen) atoms. The van der Waals surface area contributed by atoms with Crippen LogP contribution in [0.25, 0.3) is 0 Å². The van der Waals surface area contributed by atoms with E-state index in [-0.39, 0.29) is 59.1 Å². The number of morpholine rings is 3. The lowest BCUT2D eigenvalue weighted by Crippen LogP contribution is -2.75. The first-order valence-electron chi connectivity index (χ1n) is 19.3. The molecule has 12 atom stereocenters. The summed E-state index contributed by atoms with van der Waals surface area (Å²) in [5, 5.41) is 21.9. The molecule has 7 fully saturated rings. The summed E-state index contributed by atoms with van der Waals surface area (Å²) in [4.78, 5) is 45.9. The van der Waals surface area contributed by atoms with E-state index in [1.165, 1.54) is 0 Å². The largest absolute Gasteiger partial charge is 0.379 e. The van der Waals surface area contributed by atoms with Crippen molar-refractivity contribution < 1.29 is 33.1 Å². The number of carbonyl (C=O) groups is 2. The van der Waals surface area contributed by atoms with Crippen LogP contribution in [0.2, 0.25) is 0 Å². The average molecular weight is 704 g/mol. The summed E-state index contributed by atoms with van der Waals surface area (Å²) in [5.41, 5.74) is 0.0992. The highest BCUT2D eigenvalue weighted by Gasteiger charge is 2.60. The van der Waals surface area contributed by atoms with Crippen LogP contribution in [0, 0.1) is 16.0 Å². The highest BCUT2D eigenvalue weighted by atomic mass is 19.1. The van der Waals surface area contributed by atoms with Crippen molar-refractivity contribution >= 4 is 11.7 Å². The van der Waals surface area contributed by atoms with Crippen molar-refractivity contribution in [3.63, 3.8) is 0 Å². The summed E-state index contributed by atoms with van der Waals surface area (Å²) in [6, 6.07) is -1.68. The van der Waals surface area contributed by atoms with Gasteiger partial charge in [-0.3, -0.25) is 24.6 Å². The summed E-state index contributed by atoms with van der Waals surface area (Å²) in [5.74, 6) is -1.39. The molecular weight excluding hydrogens is 649 g/mol. The van der Waals surface area contributed by atoms with Crippen LogP contribution in [0.15, 0.2) is 11.8 Å². The molecule has 0 spiro atoms. The predicted molar refractivity (Wildman–Crippen MR) is 180 cm³/mol. The van der Waals surface area contributed by atoms with Gasteiger partial charge in [0.25, 0.3) is 5.91 Å². The lowest BCUT2D eigenvalue weighted by atomic mass is 9.69. The minimum Gasteiger partial charge on any atom is -0.379 e. The molecule has 1 amide bonds. The number of nitrogens with one attached hydrogen (secondary N) is 3. The highest BCUT2D eigenvalue weighted by Crippen LogP contribution is 2.47. The van der Waals surface area contributed by atoms with Crippen LogP contribution in [0.4, 0.5) is 4.39 Å². The first-order chi connectivity index (χ1) is 24.3. The van der Waals surface area contributed by atoms with Gasteiger partial charge in [-0.05, 0) is 71.1 Å². The van der Waals surface area contributed by atoms with E-state index in [1.807, 2.05) is 0 Å². The van der Waals surface area contributed by atoms with E-state index >= 15 is 4.39 Å². The lowest BCUT2D eigenvalue weighted by Gasteiger charge is -2.61. The lowest BCUT2D eigenvalue weighted by molar-refractivity contribution is -0.529. The van der Waals surface area contributed by atoms with Crippen LogP contribution in [-0.4, -0.2) is 164 Å². The molecule has 8 rings (SSSR count). The number of nitrogens with zero attached hydrogens (tertiary/aromatic N) is 4. The molecule has 0 aromatic carbocycles. The van der Waals surface area contributed by atoms with Gasteiger partial charge >= 0.3 is 0 Å². The van der Waals surface area contributed by atoms with Crippen molar-refractivity contribution in [1.82, 2.24) is 30.7 Å². The van der Waals surface area contributed by atoms with E-state index in [1.54, 1.807) is 6.20 Å². The smallest absolute Gasteiger partial charge is 0.256 e. The molecule has 5 aliphatic heterocycles. The molecular formula is C35H54FN7O7. The molecule has 5 heterocycles. The number of amides is 1. The molecule has 0 aromatic heterocycles. The fourth-order valence-electron chi connectivity index (χ4n) is 10.3. The Labute approximate surface area is 293 Å². The number of hydrogen-bond acceptors (Lipinski definition) is 12. The van der Waals surface area contributed by atoms with Crippen molar-refractivity contribution in [2.75, 3.05) is 65.6 Å². The summed E-state index contributed by atoms with van der Waals surface area (Å²) in [6.45, 7) is 8.07. The van der Waals surface area contributed by atoms with Gasteiger partial charge in [0.15, 0.2) is 5.78 Å². The number of ketones is 1. The number of nitro groups is 1.